The Hall–Kier alpha value is -3.39. The van der Waals surface area contributed by atoms with Crippen LogP contribution in [0.2, 0.25) is 0 Å². The van der Waals surface area contributed by atoms with Gasteiger partial charge in [0.2, 0.25) is 5.91 Å². The molecule has 3 aromatic rings. The number of nitrogens with zero attached hydrogens (tertiary/aromatic N) is 1. The predicted molar refractivity (Wildman–Crippen MR) is 134 cm³/mol. The monoisotopic (exact) mass is 479 g/mol. The third kappa shape index (κ3) is 5.39. The largest absolute Gasteiger partial charge is 0.497 e. The molecule has 1 unspecified atom stereocenters. The van der Waals surface area contributed by atoms with E-state index in [-0.39, 0.29) is 17.7 Å². The summed E-state index contributed by atoms with van der Waals surface area (Å²) >= 11 is 1.42. The number of aryl methyl sites for hydroxylation is 2. The van der Waals surface area contributed by atoms with Gasteiger partial charge in [0.1, 0.15) is 11.5 Å². The zero-order chi connectivity index (χ0) is 24.1. The summed E-state index contributed by atoms with van der Waals surface area (Å²) in [7, 11) is 3.07. The average Bonchev–Trinajstić information content (AvgIpc) is 3.43. The van der Waals surface area contributed by atoms with Gasteiger partial charge < -0.3 is 14.8 Å². The number of aromatic nitrogens is 1. The van der Waals surface area contributed by atoms with Crippen molar-refractivity contribution in [3.05, 3.63) is 64.2 Å². The van der Waals surface area contributed by atoms with Crippen LogP contribution in [0.25, 0.3) is 0 Å². The van der Waals surface area contributed by atoms with Crippen LogP contribution in [-0.2, 0) is 17.6 Å². The molecule has 0 saturated carbocycles. The van der Waals surface area contributed by atoms with Gasteiger partial charge in [-0.2, -0.15) is 0 Å². The van der Waals surface area contributed by atoms with Crippen molar-refractivity contribution < 1.29 is 19.1 Å². The zero-order valence-corrected chi connectivity index (χ0v) is 20.5. The summed E-state index contributed by atoms with van der Waals surface area (Å²) in [6.45, 7) is 2.18. The standard InChI is InChI=1S/C26H29N3O4S/c1-4-5-6-16-7-9-18(10-8-16)27-25(31)21-11-12-22-23(21)28-26(34-22)29-24(30)17-13-19(32-2)15-20(14-17)33-3/h7-10,13-15,21H,4-6,11-12H2,1-3H3,(H,27,31)(H,28,29,30). The molecule has 0 fully saturated rings. The Bertz CT molecular complexity index is 1150. The Balaban J connectivity index is 1.42. The Morgan fingerprint density at radius 1 is 1.06 bits per heavy atom. The first kappa shape index (κ1) is 23.8. The second kappa shape index (κ2) is 10.7. The third-order valence-corrected chi connectivity index (χ3v) is 6.96. The molecule has 1 aliphatic rings. The van der Waals surface area contributed by atoms with Crippen molar-refractivity contribution in [2.45, 2.75) is 44.9 Å². The van der Waals surface area contributed by atoms with Crippen LogP contribution in [0.1, 0.15) is 58.6 Å². The number of carbonyl (C=O) groups is 2. The van der Waals surface area contributed by atoms with Crippen LogP contribution < -0.4 is 20.1 Å². The first-order valence-electron chi connectivity index (χ1n) is 11.4. The number of nitrogens with one attached hydrogen (secondary N) is 2. The van der Waals surface area contributed by atoms with Gasteiger partial charge in [-0.25, -0.2) is 4.98 Å². The van der Waals surface area contributed by atoms with Crippen molar-refractivity contribution in [2.75, 3.05) is 24.9 Å². The van der Waals surface area contributed by atoms with Crippen molar-refractivity contribution in [3.8, 4) is 11.5 Å². The van der Waals surface area contributed by atoms with E-state index in [2.05, 4.69) is 34.7 Å². The van der Waals surface area contributed by atoms with Crippen LogP contribution in [0.5, 0.6) is 11.5 Å². The van der Waals surface area contributed by atoms with Crippen molar-refractivity contribution in [3.63, 3.8) is 0 Å². The third-order valence-electron chi connectivity index (χ3n) is 5.91. The first-order valence-corrected chi connectivity index (χ1v) is 12.3. The van der Waals surface area contributed by atoms with Crippen LogP contribution in [0.4, 0.5) is 10.8 Å². The minimum Gasteiger partial charge on any atom is -0.497 e. The van der Waals surface area contributed by atoms with Gasteiger partial charge in [0.15, 0.2) is 5.13 Å². The maximum atomic E-state index is 13.0. The summed E-state index contributed by atoms with van der Waals surface area (Å²) in [5.41, 5.74) is 3.22. The van der Waals surface area contributed by atoms with E-state index in [1.807, 2.05) is 12.1 Å². The molecule has 34 heavy (non-hydrogen) atoms. The molecule has 0 spiro atoms. The van der Waals surface area contributed by atoms with E-state index in [0.717, 1.165) is 48.4 Å². The maximum Gasteiger partial charge on any atom is 0.257 e. The number of methoxy groups -OCH3 is 2. The topological polar surface area (TPSA) is 89.6 Å². The molecule has 0 radical (unpaired) electrons. The van der Waals surface area contributed by atoms with Crippen molar-refractivity contribution >= 4 is 34.0 Å². The second-order valence-electron chi connectivity index (χ2n) is 8.26. The fourth-order valence-corrected chi connectivity index (χ4v) is 5.04. The summed E-state index contributed by atoms with van der Waals surface area (Å²) in [6, 6.07) is 13.0. The number of unbranched alkanes of at least 4 members (excludes halogenated alkanes) is 1. The molecular formula is C26H29N3O4S. The molecule has 8 heteroatoms. The fraction of sp³-hybridized carbons (Fsp3) is 0.346. The van der Waals surface area contributed by atoms with E-state index in [1.54, 1.807) is 18.2 Å². The summed E-state index contributed by atoms with van der Waals surface area (Å²) in [5.74, 6) is 0.352. The fourth-order valence-electron chi connectivity index (χ4n) is 4.01. The van der Waals surface area contributed by atoms with E-state index in [1.165, 1.54) is 31.1 Å². The molecule has 1 aliphatic carbocycles. The normalized spacial score (nSPS) is 14.4. The highest BCUT2D eigenvalue weighted by Crippen LogP contribution is 2.39. The molecular weight excluding hydrogens is 450 g/mol. The highest BCUT2D eigenvalue weighted by atomic mass is 32.1. The van der Waals surface area contributed by atoms with Gasteiger partial charge in [-0.15, -0.1) is 11.3 Å². The number of carbonyl (C=O) groups excluding carboxylic acids is 2. The number of rotatable bonds is 9. The van der Waals surface area contributed by atoms with Crippen LogP contribution in [0.15, 0.2) is 42.5 Å². The molecule has 1 aromatic heterocycles. The van der Waals surface area contributed by atoms with Gasteiger partial charge in [0.25, 0.3) is 5.91 Å². The molecule has 2 amide bonds. The van der Waals surface area contributed by atoms with Gasteiger partial charge in [-0.05, 0) is 55.5 Å². The Kier molecular flexibility index (Phi) is 7.47. The number of fused-ring (bicyclic) bond motifs is 1. The number of anilines is 2. The first-order chi connectivity index (χ1) is 16.5. The average molecular weight is 480 g/mol. The Labute approximate surface area is 203 Å². The molecule has 0 bridgehead atoms. The number of ether oxygens (including phenoxy) is 2. The lowest BCUT2D eigenvalue weighted by Crippen LogP contribution is -2.20. The smallest absolute Gasteiger partial charge is 0.257 e. The maximum absolute atomic E-state index is 13.0. The van der Waals surface area contributed by atoms with E-state index >= 15 is 0 Å². The highest BCUT2D eigenvalue weighted by molar-refractivity contribution is 7.16. The number of amides is 2. The number of benzene rings is 2. The number of thiazole rings is 1. The Morgan fingerprint density at radius 3 is 2.41 bits per heavy atom. The van der Waals surface area contributed by atoms with E-state index in [4.69, 9.17) is 9.47 Å². The van der Waals surface area contributed by atoms with Crippen molar-refractivity contribution in [1.29, 1.82) is 0 Å². The quantitative estimate of drug-likeness (QED) is 0.428. The van der Waals surface area contributed by atoms with Gasteiger partial charge in [0.05, 0.1) is 25.8 Å². The van der Waals surface area contributed by atoms with Gasteiger partial charge in [-0.1, -0.05) is 25.5 Å². The van der Waals surface area contributed by atoms with Gasteiger partial charge >= 0.3 is 0 Å². The van der Waals surface area contributed by atoms with E-state index in [0.29, 0.717) is 22.2 Å². The molecule has 0 aliphatic heterocycles. The second-order valence-corrected chi connectivity index (χ2v) is 9.35. The molecule has 1 atom stereocenters. The summed E-state index contributed by atoms with van der Waals surface area (Å²) in [6.07, 6.45) is 4.85. The molecule has 4 rings (SSSR count). The van der Waals surface area contributed by atoms with E-state index < -0.39 is 0 Å². The van der Waals surface area contributed by atoms with Crippen LogP contribution in [0.3, 0.4) is 0 Å². The van der Waals surface area contributed by atoms with Crippen LogP contribution >= 0.6 is 11.3 Å². The van der Waals surface area contributed by atoms with Crippen molar-refractivity contribution in [1.82, 2.24) is 4.98 Å². The van der Waals surface area contributed by atoms with Crippen LogP contribution in [0, 0.1) is 0 Å². The van der Waals surface area contributed by atoms with Crippen molar-refractivity contribution in [2.24, 2.45) is 0 Å². The summed E-state index contributed by atoms with van der Waals surface area (Å²) in [4.78, 5) is 31.4. The predicted octanol–water partition coefficient (Wildman–Crippen LogP) is 5.42. The lowest BCUT2D eigenvalue weighted by Gasteiger charge is -2.11. The SMILES string of the molecule is CCCCc1ccc(NC(=O)C2CCc3sc(NC(=O)c4cc(OC)cc(OC)c4)nc32)cc1. The molecule has 178 valence electrons. The minimum absolute atomic E-state index is 0.0687. The Morgan fingerprint density at radius 2 is 1.76 bits per heavy atom. The molecule has 2 N–H and O–H groups in total. The number of hydrogen-bond donors (Lipinski definition) is 2. The summed E-state index contributed by atoms with van der Waals surface area (Å²) < 4.78 is 10.5. The lowest BCUT2D eigenvalue weighted by molar-refractivity contribution is -0.117. The van der Waals surface area contributed by atoms with Crippen LogP contribution in [-0.4, -0.2) is 31.0 Å². The van der Waals surface area contributed by atoms with E-state index in [9.17, 15) is 9.59 Å². The molecule has 7 nitrogen and oxygen atoms in total. The molecule has 0 saturated heterocycles. The minimum atomic E-state index is -0.325. The molecule has 1 heterocycles. The summed E-state index contributed by atoms with van der Waals surface area (Å²) in [5, 5.41) is 6.35. The lowest BCUT2D eigenvalue weighted by atomic mass is 10.1. The number of hydrogen-bond acceptors (Lipinski definition) is 6. The molecule has 2 aromatic carbocycles. The van der Waals surface area contributed by atoms with Gasteiger partial charge in [0, 0.05) is 22.2 Å². The zero-order valence-electron chi connectivity index (χ0n) is 19.6. The highest BCUT2D eigenvalue weighted by Gasteiger charge is 2.33. The van der Waals surface area contributed by atoms with Gasteiger partial charge in [-0.3, -0.25) is 14.9 Å².